The molecule has 1 amide bonds. The number of nitrogens with zero attached hydrogens (tertiary/aromatic N) is 2. The van der Waals surface area contributed by atoms with Crippen molar-refractivity contribution >= 4 is 38.9 Å². The number of rotatable bonds is 5. The largest absolute Gasteiger partial charge is 0.378 e. The Labute approximate surface area is 149 Å². The van der Waals surface area contributed by atoms with Crippen molar-refractivity contribution in [2.24, 2.45) is 0 Å². The third-order valence-electron chi connectivity index (χ3n) is 3.23. The van der Waals surface area contributed by atoms with Crippen molar-refractivity contribution in [3.05, 3.63) is 64.8 Å². The molecule has 0 aliphatic heterocycles. The number of hydrogen-bond acceptors (Lipinski definition) is 4. The fourth-order valence-electron chi connectivity index (χ4n) is 1.89. The average molecular weight is 385 g/mol. The number of anilines is 3. The van der Waals surface area contributed by atoms with Crippen LogP contribution in [0.5, 0.6) is 0 Å². The number of hydrogen-bond donors (Lipinski definition) is 2. The Morgan fingerprint density at radius 3 is 2.21 bits per heavy atom. The van der Waals surface area contributed by atoms with Gasteiger partial charge in [-0.2, -0.15) is 5.26 Å². The maximum Gasteiger partial charge on any atom is 0.267 e. The van der Waals surface area contributed by atoms with Gasteiger partial charge in [0.25, 0.3) is 5.91 Å². The Morgan fingerprint density at radius 1 is 1.08 bits per heavy atom. The molecule has 0 aliphatic rings. The van der Waals surface area contributed by atoms with Gasteiger partial charge in [-0.3, -0.25) is 4.79 Å². The highest BCUT2D eigenvalue weighted by Gasteiger charge is 2.09. The van der Waals surface area contributed by atoms with Crippen LogP contribution in [0.2, 0.25) is 0 Å². The van der Waals surface area contributed by atoms with E-state index < -0.39 is 5.91 Å². The molecule has 0 aliphatic carbocycles. The van der Waals surface area contributed by atoms with E-state index in [1.807, 2.05) is 61.5 Å². The third-order valence-corrected chi connectivity index (χ3v) is 3.76. The van der Waals surface area contributed by atoms with E-state index in [0.717, 1.165) is 15.8 Å². The highest BCUT2D eigenvalue weighted by Crippen LogP contribution is 2.17. The average Bonchev–Trinajstić information content (AvgIpc) is 2.58. The first kappa shape index (κ1) is 17.6. The number of halogens is 1. The quantitative estimate of drug-likeness (QED) is 0.604. The number of nitrogens with one attached hydrogen (secondary N) is 2. The van der Waals surface area contributed by atoms with Crippen molar-refractivity contribution in [3.8, 4) is 6.07 Å². The highest BCUT2D eigenvalue weighted by molar-refractivity contribution is 9.10. The molecule has 2 aromatic rings. The minimum absolute atomic E-state index is 0.00500. The fraction of sp³-hybridized carbons (Fsp3) is 0.111. The molecule has 0 bridgehead atoms. The van der Waals surface area contributed by atoms with Crippen molar-refractivity contribution in [3.63, 3.8) is 0 Å². The lowest BCUT2D eigenvalue weighted by Crippen LogP contribution is -2.14. The lowest BCUT2D eigenvalue weighted by molar-refractivity contribution is -0.112. The molecule has 0 saturated heterocycles. The number of carbonyl (C=O) groups is 1. The fourth-order valence-corrected chi connectivity index (χ4v) is 2.16. The Hall–Kier alpha value is -2.78. The molecule has 0 atom stereocenters. The molecule has 122 valence electrons. The van der Waals surface area contributed by atoms with E-state index in [9.17, 15) is 10.1 Å². The Balaban J connectivity index is 2.04. The molecule has 2 aromatic carbocycles. The van der Waals surface area contributed by atoms with Crippen LogP contribution in [0, 0.1) is 11.3 Å². The minimum Gasteiger partial charge on any atom is -0.378 e. The lowest BCUT2D eigenvalue weighted by Gasteiger charge is -2.12. The summed E-state index contributed by atoms with van der Waals surface area (Å²) in [6.07, 6.45) is 1.40. The Bertz CT molecular complexity index is 774. The zero-order valence-corrected chi connectivity index (χ0v) is 15.0. The second-order valence-electron chi connectivity index (χ2n) is 5.22. The van der Waals surface area contributed by atoms with Gasteiger partial charge in [-0.15, -0.1) is 0 Å². The van der Waals surface area contributed by atoms with E-state index >= 15 is 0 Å². The first-order valence-electron chi connectivity index (χ1n) is 7.20. The van der Waals surface area contributed by atoms with Gasteiger partial charge in [-0.25, -0.2) is 0 Å². The van der Waals surface area contributed by atoms with Crippen LogP contribution >= 0.6 is 15.9 Å². The summed E-state index contributed by atoms with van der Waals surface area (Å²) in [7, 11) is 3.92. The number of benzene rings is 2. The van der Waals surface area contributed by atoms with E-state index in [4.69, 9.17) is 0 Å². The van der Waals surface area contributed by atoms with Gasteiger partial charge in [0.2, 0.25) is 0 Å². The highest BCUT2D eigenvalue weighted by atomic mass is 79.9. The van der Waals surface area contributed by atoms with Gasteiger partial charge < -0.3 is 15.5 Å². The Kier molecular flexibility index (Phi) is 5.99. The molecule has 0 unspecified atom stereocenters. The van der Waals surface area contributed by atoms with E-state index in [2.05, 4.69) is 26.6 Å². The van der Waals surface area contributed by atoms with Gasteiger partial charge in [0, 0.05) is 41.8 Å². The number of carbonyl (C=O) groups excluding carboxylic acids is 1. The molecule has 0 saturated carbocycles. The van der Waals surface area contributed by atoms with Crippen molar-refractivity contribution in [1.82, 2.24) is 0 Å². The molecular formula is C18H17BrN4O. The van der Waals surface area contributed by atoms with Gasteiger partial charge in [-0.05, 0) is 48.5 Å². The van der Waals surface area contributed by atoms with Crippen molar-refractivity contribution in [2.45, 2.75) is 0 Å². The van der Waals surface area contributed by atoms with Crippen LogP contribution in [-0.2, 0) is 4.79 Å². The molecule has 0 aromatic heterocycles. The van der Waals surface area contributed by atoms with Crippen LogP contribution in [0.3, 0.4) is 0 Å². The summed E-state index contributed by atoms with van der Waals surface area (Å²) in [6, 6.07) is 16.7. The second-order valence-corrected chi connectivity index (χ2v) is 6.13. The van der Waals surface area contributed by atoms with Gasteiger partial charge in [-0.1, -0.05) is 15.9 Å². The van der Waals surface area contributed by atoms with Crippen molar-refractivity contribution < 1.29 is 4.79 Å². The molecule has 0 radical (unpaired) electrons. The summed E-state index contributed by atoms with van der Waals surface area (Å²) in [5.41, 5.74) is 2.48. The van der Waals surface area contributed by atoms with E-state index in [1.165, 1.54) is 6.20 Å². The van der Waals surface area contributed by atoms with Gasteiger partial charge in [0.05, 0.1) is 0 Å². The molecule has 24 heavy (non-hydrogen) atoms. The first-order chi connectivity index (χ1) is 11.5. The van der Waals surface area contributed by atoms with Crippen molar-refractivity contribution in [1.29, 1.82) is 5.26 Å². The van der Waals surface area contributed by atoms with Crippen LogP contribution in [-0.4, -0.2) is 20.0 Å². The minimum atomic E-state index is -0.461. The monoisotopic (exact) mass is 384 g/mol. The van der Waals surface area contributed by atoms with Crippen LogP contribution in [0.4, 0.5) is 17.1 Å². The Morgan fingerprint density at radius 2 is 1.67 bits per heavy atom. The molecular weight excluding hydrogens is 368 g/mol. The summed E-state index contributed by atoms with van der Waals surface area (Å²) in [5, 5.41) is 14.8. The van der Waals surface area contributed by atoms with Gasteiger partial charge in [0.1, 0.15) is 11.6 Å². The molecule has 0 spiro atoms. The first-order valence-corrected chi connectivity index (χ1v) is 8.00. The maximum absolute atomic E-state index is 12.1. The lowest BCUT2D eigenvalue weighted by atomic mass is 10.2. The smallest absolute Gasteiger partial charge is 0.267 e. The standard InChI is InChI=1S/C18H17BrN4O/c1-23(2)17-9-7-15(8-10-17)21-12-13(11-20)18(24)22-16-5-3-14(19)4-6-16/h3-10,12,21H,1-2H3,(H,22,24)/b13-12-. The second kappa shape index (κ2) is 8.18. The van der Waals surface area contributed by atoms with Crippen LogP contribution < -0.4 is 15.5 Å². The summed E-state index contributed by atoms with van der Waals surface area (Å²) in [6.45, 7) is 0. The zero-order chi connectivity index (χ0) is 17.5. The summed E-state index contributed by atoms with van der Waals surface area (Å²) in [4.78, 5) is 14.1. The van der Waals surface area contributed by atoms with E-state index in [0.29, 0.717) is 5.69 Å². The third kappa shape index (κ3) is 4.86. The predicted octanol–water partition coefficient (Wildman–Crippen LogP) is 3.97. The molecule has 0 fully saturated rings. The summed E-state index contributed by atoms with van der Waals surface area (Å²) in [5.74, 6) is -0.461. The van der Waals surface area contributed by atoms with Gasteiger partial charge in [0.15, 0.2) is 0 Å². The SMILES string of the molecule is CN(C)c1ccc(N/C=C(/C#N)C(=O)Nc2ccc(Br)cc2)cc1. The number of amides is 1. The normalized spacial score (nSPS) is 10.7. The topological polar surface area (TPSA) is 68.2 Å². The van der Waals surface area contributed by atoms with Crippen LogP contribution in [0.25, 0.3) is 0 Å². The summed E-state index contributed by atoms with van der Waals surface area (Å²) >= 11 is 3.33. The zero-order valence-electron chi connectivity index (χ0n) is 13.4. The molecule has 0 heterocycles. The van der Waals surface area contributed by atoms with Crippen LogP contribution in [0.1, 0.15) is 0 Å². The maximum atomic E-state index is 12.1. The van der Waals surface area contributed by atoms with E-state index in [1.54, 1.807) is 12.1 Å². The van der Waals surface area contributed by atoms with Crippen LogP contribution in [0.15, 0.2) is 64.8 Å². The molecule has 2 N–H and O–H groups in total. The van der Waals surface area contributed by atoms with E-state index in [-0.39, 0.29) is 5.57 Å². The summed E-state index contributed by atoms with van der Waals surface area (Å²) < 4.78 is 0.916. The van der Waals surface area contributed by atoms with Gasteiger partial charge >= 0.3 is 0 Å². The number of nitriles is 1. The van der Waals surface area contributed by atoms with Crippen molar-refractivity contribution in [2.75, 3.05) is 29.6 Å². The molecule has 5 nitrogen and oxygen atoms in total. The molecule has 2 rings (SSSR count). The molecule has 6 heteroatoms. The predicted molar refractivity (Wildman–Crippen MR) is 101 cm³/mol.